The standard InChI is InChI=1S/C10H18N4/c11-9-8-12-13-10(9)4-7-14-5-2-1-3-6-14/h8H,1-7,11H2,(H,12,13). The summed E-state index contributed by atoms with van der Waals surface area (Å²) in [4.78, 5) is 2.50. The van der Waals surface area contributed by atoms with Crippen molar-refractivity contribution in [3.8, 4) is 0 Å². The molecule has 14 heavy (non-hydrogen) atoms. The maximum atomic E-state index is 5.74. The Morgan fingerprint density at radius 3 is 2.79 bits per heavy atom. The molecule has 2 rings (SSSR count). The molecule has 4 heteroatoms. The molecule has 3 N–H and O–H groups in total. The Morgan fingerprint density at radius 1 is 1.36 bits per heavy atom. The lowest BCUT2D eigenvalue weighted by atomic mass is 10.1. The normalized spacial score (nSPS) is 18.6. The number of H-pyrrole nitrogens is 1. The van der Waals surface area contributed by atoms with E-state index in [1.54, 1.807) is 6.20 Å². The molecular formula is C10H18N4. The zero-order valence-electron chi connectivity index (χ0n) is 8.50. The number of rotatable bonds is 3. The number of aromatic nitrogens is 2. The van der Waals surface area contributed by atoms with Crippen molar-refractivity contribution in [2.24, 2.45) is 0 Å². The van der Waals surface area contributed by atoms with Crippen LogP contribution in [-0.2, 0) is 6.42 Å². The topological polar surface area (TPSA) is 57.9 Å². The highest BCUT2D eigenvalue weighted by Crippen LogP contribution is 2.11. The largest absolute Gasteiger partial charge is 0.396 e. The van der Waals surface area contributed by atoms with E-state index in [2.05, 4.69) is 15.1 Å². The number of aromatic amines is 1. The summed E-state index contributed by atoms with van der Waals surface area (Å²) in [6.07, 6.45) is 6.76. The number of anilines is 1. The molecule has 1 aromatic rings. The van der Waals surface area contributed by atoms with Crippen LogP contribution in [0.15, 0.2) is 6.20 Å². The highest BCUT2D eigenvalue weighted by molar-refractivity contribution is 5.39. The van der Waals surface area contributed by atoms with Crippen LogP contribution < -0.4 is 5.73 Å². The molecular weight excluding hydrogens is 176 g/mol. The summed E-state index contributed by atoms with van der Waals surface area (Å²) in [6, 6.07) is 0. The van der Waals surface area contributed by atoms with Crippen molar-refractivity contribution in [2.75, 3.05) is 25.4 Å². The molecule has 0 aromatic carbocycles. The van der Waals surface area contributed by atoms with Crippen LogP contribution in [0.4, 0.5) is 5.69 Å². The molecule has 1 aliphatic heterocycles. The van der Waals surface area contributed by atoms with Crippen molar-refractivity contribution in [1.82, 2.24) is 15.1 Å². The van der Waals surface area contributed by atoms with Gasteiger partial charge in [0.25, 0.3) is 0 Å². The molecule has 0 atom stereocenters. The first kappa shape index (κ1) is 9.52. The Balaban J connectivity index is 1.79. The molecule has 0 spiro atoms. The van der Waals surface area contributed by atoms with Crippen LogP contribution in [0.3, 0.4) is 0 Å². The quantitative estimate of drug-likeness (QED) is 0.755. The summed E-state index contributed by atoms with van der Waals surface area (Å²) in [5.41, 5.74) is 7.62. The smallest absolute Gasteiger partial charge is 0.0730 e. The highest BCUT2D eigenvalue weighted by Gasteiger charge is 2.10. The van der Waals surface area contributed by atoms with E-state index in [1.165, 1.54) is 32.4 Å². The molecule has 2 heterocycles. The summed E-state index contributed by atoms with van der Waals surface area (Å²) in [7, 11) is 0. The second-order valence-electron chi connectivity index (χ2n) is 3.96. The van der Waals surface area contributed by atoms with Gasteiger partial charge in [0.15, 0.2) is 0 Å². The van der Waals surface area contributed by atoms with Crippen molar-refractivity contribution in [3.63, 3.8) is 0 Å². The molecule has 1 aromatic heterocycles. The van der Waals surface area contributed by atoms with E-state index >= 15 is 0 Å². The van der Waals surface area contributed by atoms with Crippen LogP contribution >= 0.6 is 0 Å². The van der Waals surface area contributed by atoms with Gasteiger partial charge in [-0.15, -0.1) is 0 Å². The lowest BCUT2D eigenvalue weighted by molar-refractivity contribution is 0.231. The third kappa shape index (κ3) is 2.26. The summed E-state index contributed by atoms with van der Waals surface area (Å²) in [5, 5.41) is 6.86. The van der Waals surface area contributed by atoms with Gasteiger partial charge in [0, 0.05) is 13.0 Å². The highest BCUT2D eigenvalue weighted by atomic mass is 15.1. The predicted octanol–water partition coefficient (Wildman–Crippen LogP) is 1.02. The van der Waals surface area contributed by atoms with E-state index < -0.39 is 0 Å². The molecule has 0 radical (unpaired) electrons. The molecule has 1 aliphatic rings. The SMILES string of the molecule is Nc1cn[nH]c1CCN1CCCCC1. The van der Waals surface area contributed by atoms with Crippen molar-refractivity contribution >= 4 is 5.69 Å². The third-order valence-corrected chi connectivity index (χ3v) is 2.88. The molecule has 78 valence electrons. The fourth-order valence-electron chi connectivity index (χ4n) is 1.98. The van der Waals surface area contributed by atoms with E-state index in [9.17, 15) is 0 Å². The van der Waals surface area contributed by atoms with Gasteiger partial charge < -0.3 is 10.6 Å². The Hall–Kier alpha value is -1.03. The summed E-state index contributed by atoms with van der Waals surface area (Å²) >= 11 is 0. The number of nitrogens with one attached hydrogen (secondary N) is 1. The third-order valence-electron chi connectivity index (χ3n) is 2.88. The van der Waals surface area contributed by atoms with Gasteiger partial charge in [-0.3, -0.25) is 5.10 Å². The van der Waals surface area contributed by atoms with Crippen LogP contribution in [0.2, 0.25) is 0 Å². The van der Waals surface area contributed by atoms with Crippen LogP contribution in [0.1, 0.15) is 25.0 Å². The van der Waals surface area contributed by atoms with Gasteiger partial charge in [0.2, 0.25) is 0 Å². The molecule has 1 saturated heterocycles. The molecule has 0 aliphatic carbocycles. The maximum Gasteiger partial charge on any atom is 0.0730 e. The van der Waals surface area contributed by atoms with Crippen LogP contribution in [0.25, 0.3) is 0 Å². The molecule has 4 nitrogen and oxygen atoms in total. The Bertz CT molecular complexity index is 275. The molecule has 1 fully saturated rings. The second-order valence-corrected chi connectivity index (χ2v) is 3.96. The Morgan fingerprint density at radius 2 is 2.14 bits per heavy atom. The van der Waals surface area contributed by atoms with E-state index in [0.29, 0.717) is 0 Å². The zero-order chi connectivity index (χ0) is 9.80. The van der Waals surface area contributed by atoms with Crippen molar-refractivity contribution in [1.29, 1.82) is 0 Å². The average molecular weight is 194 g/mol. The molecule has 0 unspecified atom stereocenters. The van der Waals surface area contributed by atoms with Crippen LogP contribution in [0.5, 0.6) is 0 Å². The second kappa shape index (κ2) is 4.46. The Kier molecular flexibility index (Phi) is 3.03. The predicted molar refractivity (Wildman–Crippen MR) is 57.0 cm³/mol. The van der Waals surface area contributed by atoms with Gasteiger partial charge in [-0.2, -0.15) is 5.10 Å². The lowest BCUT2D eigenvalue weighted by Crippen LogP contribution is -2.31. The minimum atomic E-state index is 0.794. The number of hydrogen-bond donors (Lipinski definition) is 2. The first-order valence-electron chi connectivity index (χ1n) is 5.36. The maximum absolute atomic E-state index is 5.74. The van der Waals surface area contributed by atoms with Crippen LogP contribution in [0, 0.1) is 0 Å². The van der Waals surface area contributed by atoms with Crippen molar-refractivity contribution in [3.05, 3.63) is 11.9 Å². The minimum Gasteiger partial charge on any atom is -0.396 e. The van der Waals surface area contributed by atoms with Gasteiger partial charge in [-0.25, -0.2) is 0 Å². The first-order valence-corrected chi connectivity index (χ1v) is 5.36. The number of nitrogens with two attached hydrogens (primary N) is 1. The van der Waals surface area contributed by atoms with Gasteiger partial charge in [0.05, 0.1) is 17.6 Å². The molecule has 0 amide bonds. The van der Waals surface area contributed by atoms with Gasteiger partial charge >= 0.3 is 0 Å². The van der Waals surface area contributed by atoms with Crippen molar-refractivity contribution in [2.45, 2.75) is 25.7 Å². The number of nitrogens with zero attached hydrogens (tertiary/aromatic N) is 2. The number of likely N-dealkylation sites (tertiary alicyclic amines) is 1. The molecule has 0 bridgehead atoms. The van der Waals surface area contributed by atoms with Gasteiger partial charge in [-0.05, 0) is 25.9 Å². The summed E-state index contributed by atoms with van der Waals surface area (Å²) < 4.78 is 0. The van der Waals surface area contributed by atoms with Crippen LogP contribution in [-0.4, -0.2) is 34.7 Å². The van der Waals surface area contributed by atoms with E-state index in [1.807, 2.05) is 0 Å². The monoisotopic (exact) mass is 194 g/mol. The number of nitrogen functional groups attached to an aromatic ring is 1. The fourth-order valence-corrected chi connectivity index (χ4v) is 1.98. The number of hydrogen-bond acceptors (Lipinski definition) is 3. The number of piperidine rings is 1. The van der Waals surface area contributed by atoms with Gasteiger partial charge in [-0.1, -0.05) is 6.42 Å². The van der Waals surface area contributed by atoms with E-state index in [0.717, 1.165) is 24.3 Å². The minimum absolute atomic E-state index is 0.794. The zero-order valence-corrected chi connectivity index (χ0v) is 8.50. The van der Waals surface area contributed by atoms with E-state index in [-0.39, 0.29) is 0 Å². The lowest BCUT2D eigenvalue weighted by Gasteiger charge is -2.26. The molecule has 0 saturated carbocycles. The fraction of sp³-hybridized carbons (Fsp3) is 0.700. The van der Waals surface area contributed by atoms with Crippen molar-refractivity contribution < 1.29 is 0 Å². The Labute approximate surface area is 84.5 Å². The van der Waals surface area contributed by atoms with E-state index in [4.69, 9.17) is 5.73 Å². The van der Waals surface area contributed by atoms with Gasteiger partial charge in [0.1, 0.15) is 0 Å². The average Bonchev–Trinajstić information content (AvgIpc) is 2.63. The summed E-state index contributed by atoms with van der Waals surface area (Å²) in [5.74, 6) is 0. The summed E-state index contributed by atoms with van der Waals surface area (Å²) in [6.45, 7) is 3.59. The first-order chi connectivity index (χ1) is 6.86.